The lowest BCUT2D eigenvalue weighted by Gasteiger charge is -2.09. The molecule has 0 aliphatic rings. The van der Waals surface area contributed by atoms with Crippen LogP contribution >= 0.6 is 0 Å². The van der Waals surface area contributed by atoms with Crippen LogP contribution in [0, 0.1) is 6.92 Å². The highest BCUT2D eigenvalue weighted by molar-refractivity contribution is 7.90. The van der Waals surface area contributed by atoms with Gasteiger partial charge in [-0.3, -0.25) is 4.79 Å². The predicted molar refractivity (Wildman–Crippen MR) is 112 cm³/mol. The van der Waals surface area contributed by atoms with E-state index < -0.39 is 21.7 Å². The van der Waals surface area contributed by atoms with E-state index in [-0.39, 0.29) is 27.7 Å². The Labute approximate surface area is 179 Å². The molecule has 1 N–H and O–H groups in total. The highest BCUT2D eigenvalue weighted by Gasteiger charge is 2.13. The largest absolute Gasteiger partial charge is 0.465 e. The molecule has 10 heteroatoms. The van der Waals surface area contributed by atoms with Crippen molar-refractivity contribution >= 4 is 27.5 Å². The fraction of sp³-hybridized carbons (Fsp3) is 0.143. The molecule has 3 aromatic rings. The summed E-state index contributed by atoms with van der Waals surface area (Å²) in [6.07, 6.45) is 2.42. The lowest BCUT2D eigenvalue weighted by Crippen LogP contribution is -2.14. The Bertz CT molecular complexity index is 1220. The summed E-state index contributed by atoms with van der Waals surface area (Å²) in [4.78, 5) is 32.5. The van der Waals surface area contributed by atoms with Gasteiger partial charge in [0.05, 0.1) is 17.6 Å². The number of carbonyl (C=O) groups is 2. The van der Waals surface area contributed by atoms with Gasteiger partial charge in [0, 0.05) is 29.8 Å². The van der Waals surface area contributed by atoms with Crippen molar-refractivity contribution in [3.05, 3.63) is 71.5 Å². The van der Waals surface area contributed by atoms with E-state index in [1.807, 2.05) is 0 Å². The molecule has 0 fully saturated rings. The molecule has 2 aromatic heterocycles. The molecule has 9 nitrogen and oxygen atoms in total. The van der Waals surface area contributed by atoms with Gasteiger partial charge in [0.25, 0.3) is 5.91 Å². The molecule has 0 spiro atoms. The average molecular weight is 441 g/mol. The normalized spacial score (nSPS) is 10.9. The van der Waals surface area contributed by atoms with Crippen molar-refractivity contribution in [2.24, 2.45) is 0 Å². The van der Waals surface area contributed by atoms with Gasteiger partial charge in [-0.2, -0.15) is 0 Å². The number of pyridine rings is 2. The zero-order valence-corrected chi connectivity index (χ0v) is 17.8. The monoisotopic (exact) mass is 441 g/mol. The van der Waals surface area contributed by atoms with Crippen molar-refractivity contribution in [2.75, 3.05) is 18.7 Å². The number of amides is 1. The third-order valence-corrected chi connectivity index (χ3v) is 5.22. The van der Waals surface area contributed by atoms with Gasteiger partial charge in [-0.15, -0.1) is 0 Å². The van der Waals surface area contributed by atoms with Gasteiger partial charge in [-0.1, -0.05) is 0 Å². The average Bonchev–Trinajstić information content (AvgIpc) is 2.73. The molecule has 31 heavy (non-hydrogen) atoms. The summed E-state index contributed by atoms with van der Waals surface area (Å²) in [5.74, 6) is -0.170. The minimum absolute atomic E-state index is 0.169. The minimum atomic E-state index is -3.31. The van der Waals surface area contributed by atoms with E-state index in [0.717, 1.165) is 6.26 Å². The van der Waals surface area contributed by atoms with Crippen molar-refractivity contribution in [3.8, 4) is 11.6 Å². The summed E-state index contributed by atoms with van der Waals surface area (Å²) < 4.78 is 33.4. The van der Waals surface area contributed by atoms with Crippen LogP contribution in [0.2, 0.25) is 0 Å². The zero-order chi connectivity index (χ0) is 22.6. The Kier molecular flexibility index (Phi) is 6.30. The molecule has 0 atom stereocenters. The third-order valence-electron chi connectivity index (χ3n) is 4.09. The summed E-state index contributed by atoms with van der Waals surface area (Å²) >= 11 is 0. The summed E-state index contributed by atoms with van der Waals surface area (Å²) in [7, 11) is -2.04. The number of nitrogens with zero attached hydrogens (tertiary/aromatic N) is 2. The number of esters is 1. The number of hydrogen-bond acceptors (Lipinski definition) is 8. The Hall–Kier alpha value is -3.79. The van der Waals surface area contributed by atoms with E-state index in [4.69, 9.17) is 4.74 Å². The highest BCUT2D eigenvalue weighted by atomic mass is 32.2. The van der Waals surface area contributed by atoms with Crippen LogP contribution in [-0.2, 0) is 14.6 Å². The molecular formula is C21H19N3O6S. The number of rotatable bonds is 6. The Morgan fingerprint density at radius 2 is 1.71 bits per heavy atom. The molecule has 0 aliphatic heterocycles. The number of hydrogen-bond donors (Lipinski definition) is 1. The van der Waals surface area contributed by atoms with E-state index in [0.29, 0.717) is 11.4 Å². The lowest BCUT2D eigenvalue weighted by atomic mass is 10.2. The number of nitrogens with one attached hydrogen (secondary N) is 1. The fourth-order valence-electron chi connectivity index (χ4n) is 2.59. The van der Waals surface area contributed by atoms with Gasteiger partial charge in [0.1, 0.15) is 11.6 Å². The van der Waals surface area contributed by atoms with Crippen molar-refractivity contribution in [1.29, 1.82) is 0 Å². The van der Waals surface area contributed by atoms with Crippen LogP contribution in [-0.4, -0.2) is 43.6 Å². The second-order valence-corrected chi connectivity index (χ2v) is 8.57. The molecule has 0 unspecified atom stereocenters. The number of benzene rings is 1. The predicted octanol–water partition coefficient (Wildman–Crippen LogP) is 3.02. The zero-order valence-electron chi connectivity index (χ0n) is 16.9. The Balaban J connectivity index is 1.75. The first-order chi connectivity index (χ1) is 14.7. The van der Waals surface area contributed by atoms with Crippen molar-refractivity contribution < 1.29 is 27.5 Å². The van der Waals surface area contributed by atoms with Gasteiger partial charge in [0.15, 0.2) is 9.84 Å². The number of ether oxygens (including phenoxy) is 2. The standard InChI is InChI=1S/C21H19N3O6S/c1-13-10-15(20(25)24-18-9-4-14(12-22-18)21(26)29-2)11-19(23-13)30-16-5-7-17(8-6-16)31(3,27)28/h4-12H,1-3H3,(H,22,24,25). The maximum atomic E-state index is 12.6. The maximum absolute atomic E-state index is 12.6. The van der Waals surface area contributed by atoms with Crippen LogP contribution in [0.3, 0.4) is 0 Å². The maximum Gasteiger partial charge on any atom is 0.339 e. The van der Waals surface area contributed by atoms with Crippen LogP contribution in [0.5, 0.6) is 11.6 Å². The molecule has 0 saturated heterocycles. The van der Waals surface area contributed by atoms with E-state index in [1.165, 1.54) is 55.8 Å². The molecule has 0 bridgehead atoms. The van der Waals surface area contributed by atoms with Crippen molar-refractivity contribution in [3.63, 3.8) is 0 Å². The number of anilines is 1. The van der Waals surface area contributed by atoms with E-state index in [1.54, 1.807) is 13.0 Å². The molecule has 1 amide bonds. The smallest absolute Gasteiger partial charge is 0.339 e. The fourth-order valence-corrected chi connectivity index (χ4v) is 3.22. The van der Waals surface area contributed by atoms with Crippen LogP contribution in [0.1, 0.15) is 26.4 Å². The molecule has 0 saturated carbocycles. The quantitative estimate of drug-likeness (QED) is 0.579. The SMILES string of the molecule is COC(=O)c1ccc(NC(=O)c2cc(C)nc(Oc3ccc(S(C)(=O)=O)cc3)c2)nc1. The van der Waals surface area contributed by atoms with E-state index in [2.05, 4.69) is 20.0 Å². The van der Waals surface area contributed by atoms with E-state index >= 15 is 0 Å². The number of sulfone groups is 1. The van der Waals surface area contributed by atoms with Gasteiger partial charge >= 0.3 is 5.97 Å². The van der Waals surface area contributed by atoms with E-state index in [9.17, 15) is 18.0 Å². The van der Waals surface area contributed by atoms with Crippen LogP contribution in [0.4, 0.5) is 5.82 Å². The summed E-state index contributed by atoms with van der Waals surface area (Å²) in [5, 5.41) is 2.63. The first-order valence-corrected chi connectivity index (χ1v) is 10.9. The number of methoxy groups -OCH3 is 1. The second kappa shape index (κ2) is 8.92. The van der Waals surface area contributed by atoms with Crippen LogP contribution < -0.4 is 10.1 Å². The van der Waals surface area contributed by atoms with Crippen LogP contribution in [0.25, 0.3) is 0 Å². The molecule has 2 heterocycles. The molecule has 0 aliphatic carbocycles. The third kappa shape index (κ3) is 5.64. The van der Waals surface area contributed by atoms with Gasteiger partial charge in [-0.05, 0) is 49.4 Å². The molecule has 1 aromatic carbocycles. The van der Waals surface area contributed by atoms with Crippen molar-refractivity contribution in [2.45, 2.75) is 11.8 Å². The number of aryl methyl sites for hydroxylation is 1. The van der Waals surface area contributed by atoms with Crippen LogP contribution in [0.15, 0.2) is 59.6 Å². The topological polar surface area (TPSA) is 125 Å². The first kappa shape index (κ1) is 21.9. The number of carbonyl (C=O) groups excluding carboxylic acids is 2. The second-order valence-electron chi connectivity index (χ2n) is 6.56. The van der Waals surface area contributed by atoms with Gasteiger partial charge < -0.3 is 14.8 Å². The molecule has 160 valence electrons. The Morgan fingerprint density at radius 3 is 2.29 bits per heavy atom. The molecular weight excluding hydrogens is 422 g/mol. The number of aromatic nitrogens is 2. The summed E-state index contributed by atoms with van der Waals surface area (Å²) in [6.45, 7) is 1.71. The highest BCUT2D eigenvalue weighted by Crippen LogP contribution is 2.23. The Morgan fingerprint density at radius 1 is 1.00 bits per heavy atom. The van der Waals surface area contributed by atoms with Gasteiger partial charge in [-0.25, -0.2) is 23.2 Å². The first-order valence-electron chi connectivity index (χ1n) is 8.98. The summed E-state index contributed by atoms with van der Waals surface area (Å²) in [6, 6.07) is 11.9. The minimum Gasteiger partial charge on any atom is -0.465 e. The van der Waals surface area contributed by atoms with Gasteiger partial charge in [0.2, 0.25) is 5.88 Å². The molecule has 0 radical (unpaired) electrons. The summed E-state index contributed by atoms with van der Waals surface area (Å²) in [5.41, 5.74) is 1.09. The lowest BCUT2D eigenvalue weighted by molar-refractivity contribution is 0.0600. The molecule has 3 rings (SSSR count). The van der Waals surface area contributed by atoms with Crippen molar-refractivity contribution in [1.82, 2.24) is 9.97 Å².